The molecule has 0 N–H and O–H groups in total. The van der Waals surface area contributed by atoms with Crippen LogP contribution in [0.25, 0.3) is 0 Å². The van der Waals surface area contributed by atoms with E-state index >= 15 is 0 Å². The monoisotopic (exact) mass is 460 g/mol. The first-order valence-electron chi connectivity index (χ1n) is 10.7. The molecule has 3 aliphatic rings. The molecule has 166 valence electrons. The molecule has 0 unspecified atom stereocenters. The Morgan fingerprint density at radius 2 is 0.935 bits per heavy atom. The van der Waals surface area contributed by atoms with Crippen LogP contribution in [0.3, 0.4) is 0 Å². The minimum Gasteiger partial charge on any atom is -0.207 e. The van der Waals surface area contributed by atoms with Gasteiger partial charge in [-0.05, 0) is 51.0 Å². The summed E-state index contributed by atoms with van der Waals surface area (Å²) in [5.41, 5.74) is 1.43. The van der Waals surface area contributed by atoms with Crippen LogP contribution in [0.15, 0.2) is 58.3 Å². The van der Waals surface area contributed by atoms with Crippen molar-refractivity contribution in [1.29, 1.82) is 0 Å². The highest BCUT2D eigenvalue weighted by Crippen LogP contribution is 2.63. The van der Waals surface area contributed by atoms with Crippen LogP contribution in [-0.4, -0.2) is 51.6 Å². The summed E-state index contributed by atoms with van der Waals surface area (Å²) in [6.07, 6.45) is 2.76. The van der Waals surface area contributed by atoms with E-state index in [1.165, 1.54) is 0 Å². The van der Waals surface area contributed by atoms with Crippen molar-refractivity contribution in [1.82, 2.24) is 8.61 Å². The maximum atomic E-state index is 13.3. The van der Waals surface area contributed by atoms with Crippen LogP contribution in [0.4, 0.5) is 0 Å². The molecule has 6 nitrogen and oxygen atoms in total. The third-order valence-electron chi connectivity index (χ3n) is 7.67. The second-order valence-corrected chi connectivity index (χ2v) is 13.5. The van der Waals surface area contributed by atoms with Gasteiger partial charge >= 0.3 is 0 Å². The molecule has 3 fully saturated rings. The predicted octanol–water partition coefficient (Wildman–Crippen LogP) is 3.17. The van der Waals surface area contributed by atoms with Gasteiger partial charge in [0.15, 0.2) is 0 Å². The Kier molecular flexibility index (Phi) is 4.69. The summed E-state index contributed by atoms with van der Waals surface area (Å²) < 4.78 is 56.5. The molecular weight excluding hydrogens is 432 g/mol. The van der Waals surface area contributed by atoms with E-state index in [1.807, 2.05) is 38.1 Å². The summed E-state index contributed by atoms with van der Waals surface area (Å²) in [5, 5.41) is 0. The highest BCUT2D eigenvalue weighted by atomic mass is 32.2. The zero-order chi connectivity index (χ0) is 22.1. The molecule has 2 aromatic rings. The summed E-state index contributed by atoms with van der Waals surface area (Å²) in [5.74, 6) is 0. The van der Waals surface area contributed by atoms with Crippen molar-refractivity contribution in [2.75, 3.05) is 26.2 Å². The van der Waals surface area contributed by atoms with Gasteiger partial charge in [-0.25, -0.2) is 16.8 Å². The van der Waals surface area contributed by atoms with E-state index in [4.69, 9.17) is 0 Å². The molecule has 0 spiro atoms. The SMILES string of the molecule is Cc1ccc(S(=O)(=O)N2CC34CCCC3(C2)CN(S(=O)(=O)c2ccc(C)cc2)C4)cc1. The summed E-state index contributed by atoms with van der Waals surface area (Å²) in [6, 6.07) is 13.9. The highest BCUT2D eigenvalue weighted by Gasteiger charge is 2.67. The van der Waals surface area contributed by atoms with Gasteiger partial charge in [0, 0.05) is 37.0 Å². The first-order chi connectivity index (χ1) is 14.6. The standard InChI is InChI=1S/C23H28N2O4S2/c1-18-4-8-20(9-5-18)30(26,27)24-14-22-12-3-13-23(22,15-24)17-25(16-22)31(28,29)21-10-6-19(2)7-11-21/h4-11H,3,12-17H2,1-2H3. The fraction of sp³-hybridized carbons (Fsp3) is 0.478. The zero-order valence-corrected chi connectivity index (χ0v) is 19.5. The quantitative estimate of drug-likeness (QED) is 0.702. The van der Waals surface area contributed by atoms with Crippen molar-refractivity contribution in [3.63, 3.8) is 0 Å². The average Bonchev–Trinajstić information content (AvgIpc) is 3.29. The number of rotatable bonds is 4. The predicted molar refractivity (Wildman–Crippen MR) is 119 cm³/mol. The first kappa shape index (κ1) is 21.1. The Bertz CT molecular complexity index is 1110. The molecular formula is C23H28N2O4S2. The Morgan fingerprint density at radius 3 is 1.26 bits per heavy atom. The van der Waals surface area contributed by atoms with Gasteiger partial charge < -0.3 is 0 Å². The second kappa shape index (κ2) is 6.88. The summed E-state index contributed by atoms with van der Waals surface area (Å²) in [4.78, 5) is 0.626. The normalized spacial score (nSPS) is 29.2. The lowest BCUT2D eigenvalue weighted by atomic mass is 9.71. The number of sulfonamides is 2. The Balaban J connectivity index is 1.45. The van der Waals surface area contributed by atoms with Crippen molar-refractivity contribution in [3.05, 3.63) is 59.7 Å². The minimum absolute atomic E-state index is 0.303. The largest absolute Gasteiger partial charge is 0.243 e. The van der Waals surface area contributed by atoms with E-state index in [0.717, 1.165) is 30.4 Å². The molecule has 0 bridgehead atoms. The van der Waals surface area contributed by atoms with Gasteiger partial charge in [-0.2, -0.15) is 8.61 Å². The second-order valence-electron chi connectivity index (χ2n) is 9.59. The molecule has 2 saturated heterocycles. The van der Waals surface area contributed by atoms with Crippen LogP contribution in [-0.2, 0) is 20.0 Å². The molecule has 1 saturated carbocycles. The topological polar surface area (TPSA) is 74.8 Å². The third-order valence-corrected chi connectivity index (χ3v) is 11.3. The number of benzene rings is 2. The molecule has 1 aliphatic carbocycles. The van der Waals surface area contributed by atoms with Crippen molar-refractivity contribution in [2.45, 2.75) is 42.9 Å². The van der Waals surface area contributed by atoms with E-state index in [-0.39, 0.29) is 10.8 Å². The molecule has 2 aromatic carbocycles. The summed E-state index contributed by atoms with van der Waals surface area (Å²) in [6.45, 7) is 5.43. The zero-order valence-electron chi connectivity index (χ0n) is 17.9. The number of nitrogens with zero attached hydrogens (tertiary/aromatic N) is 2. The van der Waals surface area contributed by atoms with Crippen LogP contribution in [0, 0.1) is 24.7 Å². The van der Waals surface area contributed by atoms with Gasteiger partial charge in [0.25, 0.3) is 0 Å². The summed E-state index contributed by atoms with van der Waals surface area (Å²) >= 11 is 0. The Hall–Kier alpha value is -1.74. The maximum absolute atomic E-state index is 13.3. The molecule has 2 heterocycles. The van der Waals surface area contributed by atoms with E-state index in [2.05, 4.69) is 0 Å². The van der Waals surface area contributed by atoms with E-state index in [1.54, 1.807) is 32.9 Å². The lowest BCUT2D eigenvalue weighted by molar-refractivity contribution is 0.212. The van der Waals surface area contributed by atoms with Crippen LogP contribution in [0.5, 0.6) is 0 Å². The fourth-order valence-corrected chi connectivity index (χ4v) is 9.13. The van der Waals surface area contributed by atoms with Crippen molar-refractivity contribution in [2.24, 2.45) is 10.8 Å². The molecule has 0 atom stereocenters. The first-order valence-corrected chi connectivity index (χ1v) is 13.6. The molecule has 0 amide bonds. The van der Waals surface area contributed by atoms with E-state index in [0.29, 0.717) is 36.0 Å². The van der Waals surface area contributed by atoms with Gasteiger partial charge in [-0.1, -0.05) is 41.8 Å². The van der Waals surface area contributed by atoms with Gasteiger partial charge in [0.05, 0.1) is 9.79 Å². The van der Waals surface area contributed by atoms with Crippen LogP contribution < -0.4 is 0 Å². The van der Waals surface area contributed by atoms with Crippen LogP contribution in [0.2, 0.25) is 0 Å². The van der Waals surface area contributed by atoms with Crippen molar-refractivity contribution < 1.29 is 16.8 Å². The van der Waals surface area contributed by atoms with Crippen molar-refractivity contribution in [3.8, 4) is 0 Å². The molecule has 5 rings (SSSR count). The molecule has 31 heavy (non-hydrogen) atoms. The Morgan fingerprint density at radius 1 is 0.613 bits per heavy atom. The highest BCUT2D eigenvalue weighted by molar-refractivity contribution is 7.89. The Labute approximate surface area is 185 Å². The van der Waals surface area contributed by atoms with Crippen LogP contribution in [0.1, 0.15) is 30.4 Å². The number of hydrogen-bond acceptors (Lipinski definition) is 4. The lowest BCUT2D eigenvalue weighted by Gasteiger charge is -2.30. The molecule has 2 aliphatic heterocycles. The average molecular weight is 461 g/mol. The fourth-order valence-electron chi connectivity index (χ4n) is 5.90. The van der Waals surface area contributed by atoms with E-state index < -0.39 is 20.0 Å². The minimum atomic E-state index is -3.59. The molecule has 0 radical (unpaired) electrons. The third kappa shape index (κ3) is 3.10. The van der Waals surface area contributed by atoms with Gasteiger partial charge in [-0.3, -0.25) is 0 Å². The smallest absolute Gasteiger partial charge is 0.207 e. The molecule has 0 aromatic heterocycles. The van der Waals surface area contributed by atoms with Gasteiger partial charge in [0.2, 0.25) is 20.0 Å². The lowest BCUT2D eigenvalue weighted by Crippen LogP contribution is -2.39. The number of hydrogen-bond donors (Lipinski definition) is 0. The van der Waals surface area contributed by atoms with Gasteiger partial charge in [0.1, 0.15) is 0 Å². The maximum Gasteiger partial charge on any atom is 0.243 e. The summed E-state index contributed by atoms with van der Waals surface area (Å²) in [7, 11) is -7.19. The van der Waals surface area contributed by atoms with Crippen LogP contribution >= 0.6 is 0 Å². The van der Waals surface area contributed by atoms with Gasteiger partial charge in [-0.15, -0.1) is 0 Å². The van der Waals surface area contributed by atoms with Crippen molar-refractivity contribution >= 4 is 20.0 Å². The molecule has 8 heteroatoms. The number of aryl methyl sites for hydroxylation is 2. The van der Waals surface area contributed by atoms with E-state index in [9.17, 15) is 16.8 Å².